The van der Waals surface area contributed by atoms with Crippen molar-refractivity contribution >= 4 is 5.97 Å². The van der Waals surface area contributed by atoms with Crippen LogP contribution in [0.15, 0.2) is 0 Å². The smallest absolute Gasteiger partial charge is 0.338 e. The van der Waals surface area contributed by atoms with E-state index >= 15 is 0 Å². The second-order valence-corrected chi connectivity index (χ2v) is 5.69. The number of likely N-dealkylation sites (N-methyl/N-ethyl adjacent to an activating group) is 1. The van der Waals surface area contributed by atoms with Crippen molar-refractivity contribution < 1.29 is 14.6 Å². The van der Waals surface area contributed by atoms with Gasteiger partial charge in [-0.15, -0.1) is 0 Å². The van der Waals surface area contributed by atoms with Gasteiger partial charge in [-0.1, -0.05) is 0 Å². The molecule has 112 valence electrons. The van der Waals surface area contributed by atoms with Gasteiger partial charge in [0.05, 0.1) is 7.11 Å². The van der Waals surface area contributed by atoms with Gasteiger partial charge in [-0.3, -0.25) is 9.80 Å². The topological polar surface area (TPSA) is 56.3 Å². The minimum absolute atomic E-state index is 0.335. The van der Waals surface area contributed by atoms with Crippen LogP contribution in [0, 0.1) is 0 Å². The molecule has 0 saturated carbocycles. The molecule has 1 rings (SSSR count). The van der Waals surface area contributed by atoms with E-state index in [1.54, 1.807) is 0 Å². The molecule has 1 N–H and O–H groups in total. The molecule has 0 aromatic carbocycles. The van der Waals surface area contributed by atoms with Crippen molar-refractivity contribution in [1.82, 2.24) is 14.7 Å². The van der Waals surface area contributed by atoms with Gasteiger partial charge in [0.15, 0.2) is 5.60 Å². The number of hydrogen-bond acceptors (Lipinski definition) is 6. The van der Waals surface area contributed by atoms with E-state index in [2.05, 4.69) is 33.5 Å². The van der Waals surface area contributed by atoms with Crippen LogP contribution in [0.5, 0.6) is 0 Å². The number of hydrogen-bond donors (Lipinski definition) is 1. The van der Waals surface area contributed by atoms with E-state index in [9.17, 15) is 9.90 Å². The summed E-state index contributed by atoms with van der Waals surface area (Å²) in [5, 5.41) is 10.0. The Hall–Kier alpha value is -0.690. The largest absolute Gasteiger partial charge is 0.467 e. The van der Waals surface area contributed by atoms with Crippen molar-refractivity contribution in [1.29, 1.82) is 0 Å². The quantitative estimate of drug-likeness (QED) is 0.632. The predicted octanol–water partition coefficient (Wildman–Crippen LogP) is -0.910. The molecule has 6 heteroatoms. The molecule has 1 saturated heterocycles. The van der Waals surface area contributed by atoms with Crippen LogP contribution in [0.3, 0.4) is 0 Å². The number of piperazine rings is 1. The van der Waals surface area contributed by atoms with Gasteiger partial charge < -0.3 is 14.7 Å². The molecule has 0 amide bonds. The third kappa shape index (κ3) is 5.44. The summed E-state index contributed by atoms with van der Waals surface area (Å²) in [6.45, 7) is 7.67. The highest BCUT2D eigenvalue weighted by atomic mass is 16.5. The fraction of sp³-hybridized carbons (Fsp3) is 0.923. The fourth-order valence-corrected chi connectivity index (χ4v) is 2.23. The number of carbonyl (C=O) groups is 1. The Kier molecular flexibility index (Phi) is 6.19. The summed E-state index contributed by atoms with van der Waals surface area (Å²) in [5.74, 6) is -0.567. The molecule has 1 unspecified atom stereocenters. The average Bonchev–Trinajstić information content (AvgIpc) is 2.36. The minimum atomic E-state index is -1.42. The van der Waals surface area contributed by atoms with E-state index in [4.69, 9.17) is 0 Å². The number of esters is 1. The highest BCUT2D eigenvalue weighted by molar-refractivity contribution is 5.78. The second kappa shape index (κ2) is 7.19. The summed E-state index contributed by atoms with van der Waals surface area (Å²) in [6.07, 6.45) is 0. The van der Waals surface area contributed by atoms with Crippen LogP contribution >= 0.6 is 0 Å². The lowest BCUT2D eigenvalue weighted by Crippen LogP contribution is -2.54. The molecule has 0 spiro atoms. The van der Waals surface area contributed by atoms with Crippen molar-refractivity contribution in [2.45, 2.75) is 12.5 Å². The highest BCUT2D eigenvalue weighted by Crippen LogP contribution is 2.11. The van der Waals surface area contributed by atoms with Gasteiger partial charge >= 0.3 is 5.97 Å². The molecule has 1 aliphatic heterocycles. The van der Waals surface area contributed by atoms with E-state index in [0.717, 1.165) is 39.3 Å². The first-order chi connectivity index (χ1) is 8.85. The number of rotatable bonds is 6. The standard InChI is InChI=1S/C13H27N3O3/c1-13(18,12(17)19-4)11-16-9-7-15(8-10-16)6-5-14(2)3/h18H,5-11H2,1-4H3. The van der Waals surface area contributed by atoms with Crippen LogP contribution in [0.1, 0.15) is 6.92 Å². The number of methoxy groups -OCH3 is 1. The molecule has 6 nitrogen and oxygen atoms in total. The van der Waals surface area contributed by atoms with Gasteiger partial charge in [-0.05, 0) is 21.0 Å². The van der Waals surface area contributed by atoms with Gasteiger partial charge in [0.1, 0.15) is 0 Å². The Morgan fingerprint density at radius 2 is 1.79 bits per heavy atom. The first kappa shape index (κ1) is 16.4. The summed E-state index contributed by atoms with van der Waals surface area (Å²) >= 11 is 0. The second-order valence-electron chi connectivity index (χ2n) is 5.69. The van der Waals surface area contributed by atoms with E-state index in [1.165, 1.54) is 14.0 Å². The first-order valence-electron chi connectivity index (χ1n) is 6.75. The number of ether oxygens (including phenoxy) is 1. The van der Waals surface area contributed by atoms with E-state index < -0.39 is 11.6 Å². The van der Waals surface area contributed by atoms with Gasteiger partial charge in [-0.2, -0.15) is 0 Å². The van der Waals surface area contributed by atoms with Gasteiger partial charge in [0, 0.05) is 45.8 Å². The Morgan fingerprint density at radius 3 is 2.26 bits per heavy atom. The lowest BCUT2D eigenvalue weighted by atomic mass is 10.1. The number of carbonyl (C=O) groups excluding carboxylic acids is 1. The molecule has 1 fully saturated rings. The first-order valence-corrected chi connectivity index (χ1v) is 6.75. The maximum absolute atomic E-state index is 11.4. The summed E-state index contributed by atoms with van der Waals surface area (Å²) in [4.78, 5) is 18.1. The monoisotopic (exact) mass is 273 g/mol. The third-order valence-corrected chi connectivity index (χ3v) is 3.48. The summed E-state index contributed by atoms with van der Waals surface area (Å²) in [5.41, 5.74) is -1.42. The zero-order valence-electron chi connectivity index (χ0n) is 12.6. The maximum atomic E-state index is 11.4. The average molecular weight is 273 g/mol. The normalized spacial score (nSPS) is 21.4. The number of aliphatic hydroxyl groups is 1. The fourth-order valence-electron chi connectivity index (χ4n) is 2.23. The van der Waals surface area contributed by atoms with Crippen molar-refractivity contribution in [2.75, 3.05) is 67.0 Å². The lowest BCUT2D eigenvalue weighted by Gasteiger charge is -2.37. The summed E-state index contributed by atoms with van der Waals surface area (Å²) in [6, 6.07) is 0. The van der Waals surface area contributed by atoms with E-state index in [-0.39, 0.29) is 0 Å². The van der Waals surface area contributed by atoms with Gasteiger partial charge in [0.2, 0.25) is 0 Å². The Labute approximate surface area is 115 Å². The van der Waals surface area contributed by atoms with Crippen LogP contribution in [-0.2, 0) is 9.53 Å². The molecule has 19 heavy (non-hydrogen) atoms. The molecular weight excluding hydrogens is 246 g/mol. The molecule has 1 aliphatic rings. The maximum Gasteiger partial charge on any atom is 0.338 e. The van der Waals surface area contributed by atoms with E-state index in [1.807, 2.05) is 0 Å². The van der Waals surface area contributed by atoms with Crippen molar-refractivity contribution in [3.63, 3.8) is 0 Å². The molecule has 1 atom stereocenters. The number of β-amino-alcohol motifs (C(OH)–C–C–N with tert-alkyl or cyclic N) is 1. The lowest BCUT2D eigenvalue weighted by molar-refractivity contribution is -0.162. The Morgan fingerprint density at radius 1 is 1.26 bits per heavy atom. The molecule has 0 aliphatic carbocycles. The van der Waals surface area contributed by atoms with Crippen LogP contribution in [0.25, 0.3) is 0 Å². The summed E-state index contributed by atoms with van der Waals surface area (Å²) < 4.78 is 4.61. The molecule has 0 radical (unpaired) electrons. The minimum Gasteiger partial charge on any atom is -0.467 e. The molecule has 1 heterocycles. The van der Waals surface area contributed by atoms with Gasteiger partial charge in [-0.25, -0.2) is 4.79 Å². The molecular formula is C13H27N3O3. The Bertz CT molecular complexity index is 287. The van der Waals surface area contributed by atoms with Crippen LogP contribution < -0.4 is 0 Å². The van der Waals surface area contributed by atoms with Crippen molar-refractivity contribution in [3.8, 4) is 0 Å². The molecule has 0 aromatic rings. The molecule has 0 aromatic heterocycles. The van der Waals surface area contributed by atoms with Crippen LogP contribution in [-0.4, -0.2) is 98.4 Å². The van der Waals surface area contributed by atoms with E-state index in [0.29, 0.717) is 6.54 Å². The zero-order valence-corrected chi connectivity index (χ0v) is 12.6. The van der Waals surface area contributed by atoms with Crippen LogP contribution in [0.2, 0.25) is 0 Å². The van der Waals surface area contributed by atoms with Crippen molar-refractivity contribution in [3.05, 3.63) is 0 Å². The van der Waals surface area contributed by atoms with Crippen molar-refractivity contribution in [2.24, 2.45) is 0 Å². The highest BCUT2D eigenvalue weighted by Gasteiger charge is 2.34. The number of nitrogens with zero attached hydrogens (tertiary/aromatic N) is 3. The third-order valence-electron chi connectivity index (χ3n) is 3.48. The predicted molar refractivity (Wildman–Crippen MR) is 74.1 cm³/mol. The molecule has 0 bridgehead atoms. The van der Waals surface area contributed by atoms with Crippen LogP contribution in [0.4, 0.5) is 0 Å². The zero-order chi connectivity index (χ0) is 14.5. The SMILES string of the molecule is COC(=O)C(C)(O)CN1CCN(CCN(C)C)CC1. The van der Waals surface area contributed by atoms with Gasteiger partial charge in [0.25, 0.3) is 0 Å². The summed E-state index contributed by atoms with van der Waals surface area (Å²) in [7, 11) is 5.45. The Balaban J connectivity index is 2.32.